The van der Waals surface area contributed by atoms with Crippen LogP contribution in [0.3, 0.4) is 0 Å². The summed E-state index contributed by atoms with van der Waals surface area (Å²) in [7, 11) is 0. The Labute approximate surface area is 121 Å². The fraction of sp³-hybridized carbons (Fsp3) is 0.357. The molecule has 21 heavy (non-hydrogen) atoms. The zero-order valence-corrected chi connectivity index (χ0v) is 11.5. The van der Waals surface area contributed by atoms with E-state index in [0.29, 0.717) is 25.1 Å². The van der Waals surface area contributed by atoms with Crippen LogP contribution in [0.15, 0.2) is 24.3 Å². The molecule has 7 nitrogen and oxygen atoms in total. The van der Waals surface area contributed by atoms with Crippen molar-refractivity contribution in [1.82, 2.24) is 15.5 Å². The van der Waals surface area contributed by atoms with E-state index < -0.39 is 5.97 Å². The lowest BCUT2D eigenvalue weighted by Crippen LogP contribution is -2.43. The van der Waals surface area contributed by atoms with E-state index in [-0.39, 0.29) is 30.6 Å². The average Bonchev–Trinajstić information content (AvgIpc) is 2.69. The van der Waals surface area contributed by atoms with Gasteiger partial charge in [0.15, 0.2) is 0 Å². The second-order valence-corrected chi connectivity index (χ2v) is 4.79. The van der Waals surface area contributed by atoms with Crippen molar-refractivity contribution in [3.05, 3.63) is 35.4 Å². The van der Waals surface area contributed by atoms with Gasteiger partial charge in [-0.25, -0.2) is 9.59 Å². The molecule has 1 saturated heterocycles. The van der Waals surface area contributed by atoms with E-state index in [4.69, 9.17) is 5.11 Å². The molecular weight excluding hydrogens is 274 g/mol. The Morgan fingerprint density at radius 3 is 2.95 bits per heavy atom. The quantitative estimate of drug-likeness (QED) is 0.751. The molecule has 1 aromatic rings. The predicted octanol–water partition coefficient (Wildman–Crippen LogP) is 0.416. The maximum atomic E-state index is 12.0. The Morgan fingerprint density at radius 1 is 1.38 bits per heavy atom. The SMILES string of the molecule is O=C1CN(C(=O)NCc2cccc(C(=O)O)c2)CCCN1. The largest absolute Gasteiger partial charge is 0.478 e. The van der Waals surface area contributed by atoms with E-state index >= 15 is 0 Å². The lowest BCUT2D eigenvalue weighted by atomic mass is 10.1. The molecule has 1 aliphatic heterocycles. The van der Waals surface area contributed by atoms with Crippen molar-refractivity contribution >= 4 is 17.9 Å². The Balaban J connectivity index is 1.92. The third-order valence-corrected chi connectivity index (χ3v) is 3.17. The average molecular weight is 291 g/mol. The molecule has 1 aromatic carbocycles. The van der Waals surface area contributed by atoms with Gasteiger partial charge in [-0.05, 0) is 24.1 Å². The van der Waals surface area contributed by atoms with Crippen molar-refractivity contribution in [2.75, 3.05) is 19.6 Å². The highest BCUT2D eigenvalue weighted by molar-refractivity contribution is 5.87. The van der Waals surface area contributed by atoms with Crippen molar-refractivity contribution in [2.45, 2.75) is 13.0 Å². The molecule has 112 valence electrons. The maximum Gasteiger partial charge on any atom is 0.335 e. The molecule has 0 unspecified atom stereocenters. The predicted molar refractivity (Wildman–Crippen MR) is 74.8 cm³/mol. The number of aromatic carboxylic acids is 1. The molecule has 0 radical (unpaired) electrons. The van der Waals surface area contributed by atoms with E-state index in [1.165, 1.54) is 17.0 Å². The maximum absolute atomic E-state index is 12.0. The van der Waals surface area contributed by atoms with Crippen molar-refractivity contribution in [3.63, 3.8) is 0 Å². The summed E-state index contributed by atoms with van der Waals surface area (Å²) in [6.45, 7) is 1.35. The van der Waals surface area contributed by atoms with Crippen LogP contribution in [0.25, 0.3) is 0 Å². The summed E-state index contributed by atoms with van der Waals surface area (Å²) < 4.78 is 0. The van der Waals surface area contributed by atoms with Crippen molar-refractivity contribution in [1.29, 1.82) is 0 Å². The van der Waals surface area contributed by atoms with Gasteiger partial charge in [0.1, 0.15) is 6.54 Å². The molecule has 0 bridgehead atoms. The number of hydrogen-bond acceptors (Lipinski definition) is 3. The molecule has 0 aliphatic carbocycles. The first kappa shape index (κ1) is 14.8. The van der Waals surface area contributed by atoms with Gasteiger partial charge in [0.05, 0.1) is 5.56 Å². The normalized spacial score (nSPS) is 15.0. The number of hydrogen-bond donors (Lipinski definition) is 3. The van der Waals surface area contributed by atoms with Gasteiger partial charge in [0.2, 0.25) is 5.91 Å². The monoisotopic (exact) mass is 291 g/mol. The first-order valence-corrected chi connectivity index (χ1v) is 6.68. The topological polar surface area (TPSA) is 98.7 Å². The third kappa shape index (κ3) is 4.20. The zero-order valence-electron chi connectivity index (χ0n) is 11.5. The van der Waals surface area contributed by atoms with E-state index in [2.05, 4.69) is 10.6 Å². The second-order valence-electron chi connectivity index (χ2n) is 4.79. The van der Waals surface area contributed by atoms with Crippen LogP contribution < -0.4 is 10.6 Å². The lowest BCUT2D eigenvalue weighted by molar-refractivity contribution is -0.121. The molecule has 3 N–H and O–H groups in total. The molecule has 7 heteroatoms. The highest BCUT2D eigenvalue weighted by atomic mass is 16.4. The van der Waals surface area contributed by atoms with Crippen molar-refractivity contribution < 1.29 is 19.5 Å². The molecule has 2 rings (SSSR count). The van der Waals surface area contributed by atoms with Crippen LogP contribution in [0.2, 0.25) is 0 Å². The minimum absolute atomic E-state index is 0.0427. The Morgan fingerprint density at radius 2 is 2.19 bits per heavy atom. The number of carbonyl (C=O) groups is 3. The number of benzene rings is 1. The number of carboxylic acids is 1. The number of carbonyl (C=O) groups excluding carboxylic acids is 2. The van der Waals surface area contributed by atoms with Crippen LogP contribution in [0.5, 0.6) is 0 Å². The summed E-state index contributed by atoms with van der Waals surface area (Å²) in [6, 6.07) is 6.05. The molecule has 0 atom stereocenters. The number of rotatable bonds is 3. The zero-order chi connectivity index (χ0) is 15.2. The number of urea groups is 1. The first-order chi connectivity index (χ1) is 10.1. The summed E-state index contributed by atoms with van der Waals surface area (Å²) in [5, 5.41) is 14.3. The van der Waals surface area contributed by atoms with Gasteiger partial charge < -0.3 is 20.6 Å². The summed E-state index contributed by atoms with van der Waals surface area (Å²) in [5.74, 6) is -1.18. The summed E-state index contributed by atoms with van der Waals surface area (Å²) >= 11 is 0. The Hall–Kier alpha value is -2.57. The smallest absolute Gasteiger partial charge is 0.335 e. The number of nitrogens with zero attached hydrogens (tertiary/aromatic N) is 1. The molecule has 1 heterocycles. The molecule has 3 amide bonds. The highest BCUT2D eigenvalue weighted by Crippen LogP contribution is 2.05. The van der Waals surface area contributed by atoms with Crippen LogP contribution in [0.1, 0.15) is 22.3 Å². The number of amides is 3. The van der Waals surface area contributed by atoms with Crippen molar-refractivity contribution in [3.8, 4) is 0 Å². The minimum Gasteiger partial charge on any atom is -0.478 e. The summed E-state index contributed by atoms with van der Waals surface area (Å²) in [6.07, 6.45) is 0.716. The molecule has 1 aliphatic rings. The summed E-state index contributed by atoms with van der Waals surface area (Å²) in [4.78, 5) is 35.7. The third-order valence-electron chi connectivity index (χ3n) is 3.17. The molecular formula is C14H17N3O4. The van der Waals surface area contributed by atoms with Crippen LogP contribution >= 0.6 is 0 Å². The van der Waals surface area contributed by atoms with Gasteiger partial charge in [0.25, 0.3) is 0 Å². The van der Waals surface area contributed by atoms with E-state index in [1.54, 1.807) is 12.1 Å². The van der Waals surface area contributed by atoms with Gasteiger partial charge in [-0.15, -0.1) is 0 Å². The van der Waals surface area contributed by atoms with Crippen LogP contribution in [0.4, 0.5) is 4.79 Å². The van der Waals surface area contributed by atoms with Crippen LogP contribution in [-0.2, 0) is 11.3 Å². The van der Waals surface area contributed by atoms with Crippen LogP contribution in [0, 0.1) is 0 Å². The van der Waals surface area contributed by atoms with Crippen LogP contribution in [-0.4, -0.2) is 47.5 Å². The summed E-state index contributed by atoms with van der Waals surface area (Å²) in [5.41, 5.74) is 0.874. The number of carboxylic acid groups (broad SMARTS) is 1. The second kappa shape index (κ2) is 6.74. The van der Waals surface area contributed by atoms with E-state index in [9.17, 15) is 14.4 Å². The van der Waals surface area contributed by atoms with Gasteiger partial charge >= 0.3 is 12.0 Å². The van der Waals surface area contributed by atoms with Gasteiger partial charge in [-0.2, -0.15) is 0 Å². The minimum atomic E-state index is -1.01. The fourth-order valence-corrected chi connectivity index (χ4v) is 2.08. The Bertz CT molecular complexity index is 559. The van der Waals surface area contributed by atoms with Gasteiger partial charge in [0, 0.05) is 19.6 Å². The van der Waals surface area contributed by atoms with Gasteiger partial charge in [-0.3, -0.25) is 4.79 Å². The standard InChI is InChI=1S/C14H17N3O4/c18-12-9-17(6-2-5-15-12)14(21)16-8-10-3-1-4-11(7-10)13(19)20/h1,3-4,7H,2,5-6,8-9H2,(H,15,18)(H,16,21)(H,19,20). The van der Waals surface area contributed by atoms with E-state index in [0.717, 1.165) is 0 Å². The molecule has 1 fully saturated rings. The first-order valence-electron chi connectivity index (χ1n) is 6.68. The lowest BCUT2D eigenvalue weighted by Gasteiger charge is -2.19. The van der Waals surface area contributed by atoms with E-state index in [1.807, 2.05) is 0 Å². The molecule has 0 spiro atoms. The number of nitrogens with one attached hydrogen (secondary N) is 2. The Kier molecular flexibility index (Phi) is 4.76. The fourth-order valence-electron chi connectivity index (χ4n) is 2.08. The highest BCUT2D eigenvalue weighted by Gasteiger charge is 2.19. The molecule has 0 aromatic heterocycles. The van der Waals surface area contributed by atoms with Crippen molar-refractivity contribution in [2.24, 2.45) is 0 Å². The van der Waals surface area contributed by atoms with Gasteiger partial charge in [-0.1, -0.05) is 12.1 Å². The molecule has 0 saturated carbocycles.